The van der Waals surface area contributed by atoms with Crippen LogP contribution in [0.3, 0.4) is 0 Å². The van der Waals surface area contributed by atoms with Crippen molar-refractivity contribution in [3.63, 3.8) is 0 Å². The number of benzene rings is 1. The Morgan fingerprint density at radius 2 is 1.88 bits per heavy atom. The smallest absolute Gasteiger partial charge is 0.131 e. The topological polar surface area (TPSA) is 30.5 Å². The van der Waals surface area contributed by atoms with Gasteiger partial charge in [-0.15, -0.1) is 0 Å². The van der Waals surface area contributed by atoms with Gasteiger partial charge in [0.05, 0.1) is 25.9 Å². The Morgan fingerprint density at radius 3 is 2.41 bits per heavy atom. The highest BCUT2D eigenvalue weighted by molar-refractivity contribution is 5.23. The second kappa shape index (κ2) is 7.32. The minimum Gasteiger partial charge on any atom is -0.382 e. The molecule has 0 aliphatic carbocycles. The van der Waals surface area contributed by atoms with Gasteiger partial charge in [0.1, 0.15) is 11.6 Å². The molecule has 0 saturated carbocycles. The zero-order valence-electron chi connectivity index (χ0n) is 10.0. The van der Waals surface area contributed by atoms with Gasteiger partial charge < -0.3 is 14.8 Å². The molecular formula is C12H17F2NO2. The van der Waals surface area contributed by atoms with Gasteiger partial charge in [-0.05, 0) is 19.2 Å². The van der Waals surface area contributed by atoms with E-state index >= 15 is 0 Å². The quantitative estimate of drug-likeness (QED) is 0.744. The molecule has 0 saturated heterocycles. The third-order valence-corrected chi connectivity index (χ3v) is 2.41. The largest absolute Gasteiger partial charge is 0.382 e. The predicted octanol–water partition coefficient (Wildman–Crippen LogP) is 1.89. The van der Waals surface area contributed by atoms with Gasteiger partial charge in [-0.1, -0.05) is 6.07 Å². The van der Waals surface area contributed by atoms with Gasteiger partial charge in [0, 0.05) is 12.7 Å². The molecule has 0 aliphatic rings. The normalized spacial score (nSPS) is 12.7. The number of likely N-dealkylation sites (N-methyl/N-ethyl adjacent to an activating group) is 1. The Kier molecular flexibility index (Phi) is 6.04. The number of rotatable bonds is 7. The van der Waals surface area contributed by atoms with Crippen LogP contribution in [0.4, 0.5) is 8.78 Å². The number of hydrogen-bond donors (Lipinski definition) is 1. The molecule has 1 aromatic carbocycles. The predicted molar refractivity (Wildman–Crippen MR) is 60.9 cm³/mol. The number of hydrogen-bond acceptors (Lipinski definition) is 3. The summed E-state index contributed by atoms with van der Waals surface area (Å²) in [7, 11) is 3.20. The lowest BCUT2D eigenvalue weighted by Crippen LogP contribution is -2.24. The van der Waals surface area contributed by atoms with E-state index in [0.29, 0.717) is 13.2 Å². The molecule has 96 valence electrons. The first-order valence-electron chi connectivity index (χ1n) is 5.38. The third kappa shape index (κ3) is 4.03. The SMILES string of the molecule is CNC(COCCOC)c1c(F)cccc1F. The summed E-state index contributed by atoms with van der Waals surface area (Å²) in [4.78, 5) is 0. The molecule has 0 spiro atoms. The van der Waals surface area contributed by atoms with Gasteiger partial charge in [0.25, 0.3) is 0 Å². The molecule has 0 fully saturated rings. The summed E-state index contributed by atoms with van der Waals surface area (Å²) >= 11 is 0. The Bertz CT molecular complexity index is 327. The third-order valence-electron chi connectivity index (χ3n) is 2.41. The van der Waals surface area contributed by atoms with E-state index in [1.54, 1.807) is 14.2 Å². The van der Waals surface area contributed by atoms with E-state index in [2.05, 4.69) is 5.32 Å². The zero-order chi connectivity index (χ0) is 12.7. The van der Waals surface area contributed by atoms with Gasteiger partial charge in [-0.25, -0.2) is 8.78 Å². The summed E-state index contributed by atoms with van der Waals surface area (Å²) in [5.74, 6) is -1.14. The van der Waals surface area contributed by atoms with E-state index in [1.807, 2.05) is 0 Å². The standard InChI is InChI=1S/C12H17F2NO2/c1-15-11(8-17-7-6-16-2)12-9(13)4-3-5-10(12)14/h3-5,11,15H,6-8H2,1-2H3. The van der Waals surface area contributed by atoms with E-state index in [0.717, 1.165) is 0 Å². The fourth-order valence-corrected chi connectivity index (χ4v) is 1.50. The lowest BCUT2D eigenvalue weighted by atomic mass is 10.1. The van der Waals surface area contributed by atoms with Gasteiger partial charge in [-0.2, -0.15) is 0 Å². The molecule has 1 unspecified atom stereocenters. The zero-order valence-corrected chi connectivity index (χ0v) is 10.0. The minimum atomic E-state index is -0.570. The van der Waals surface area contributed by atoms with E-state index in [9.17, 15) is 8.78 Å². The van der Waals surface area contributed by atoms with E-state index < -0.39 is 17.7 Å². The molecule has 0 aromatic heterocycles. The van der Waals surface area contributed by atoms with Crippen LogP contribution >= 0.6 is 0 Å². The second-order valence-corrected chi connectivity index (χ2v) is 3.54. The number of ether oxygens (including phenoxy) is 2. The molecule has 1 aromatic rings. The van der Waals surface area contributed by atoms with Crippen LogP contribution in [0.1, 0.15) is 11.6 Å². The number of methoxy groups -OCH3 is 1. The number of halogens is 2. The number of nitrogens with one attached hydrogen (secondary N) is 1. The van der Waals surface area contributed by atoms with Gasteiger partial charge in [0.2, 0.25) is 0 Å². The molecule has 1 rings (SSSR count). The molecule has 0 bridgehead atoms. The van der Waals surface area contributed by atoms with Crippen molar-refractivity contribution in [1.82, 2.24) is 5.32 Å². The first-order valence-corrected chi connectivity index (χ1v) is 5.38. The van der Waals surface area contributed by atoms with Crippen molar-refractivity contribution in [1.29, 1.82) is 0 Å². The molecule has 0 amide bonds. The van der Waals surface area contributed by atoms with Crippen molar-refractivity contribution in [2.24, 2.45) is 0 Å². The highest BCUT2D eigenvalue weighted by Crippen LogP contribution is 2.20. The summed E-state index contributed by atoms with van der Waals surface area (Å²) in [6, 6.07) is 3.30. The van der Waals surface area contributed by atoms with Crippen LogP contribution in [0.5, 0.6) is 0 Å². The molecule has 0 radical (unpaired) electrons. The summed E-state index contributed by atoms with van der Waals surface area (Å²) in [5, 5.41) is 2.83. The fraction of sp³-hybridized carbons (Fsp3) is 0.500. The minimum absolute atomic E-state index is 0.00687. The van der Waals surface area contributed by atoms with Crippen molar-refractivity contribution in [3.05, 3.63) is 35.4 Å². The molecule has 17 heavy (non-hydrogen) atoms. The molecule has 5 heteroatoms. The molecule has 1 N–H and O–H groups in total. The molecule has 0 heterocycles. The van der Waals surface area contributed by atoms with Crippen LogP contribution in [0.25, 0.3) is 0 Å². The average molecular weight is 245 g/mol. The Labute approximate surface area is 99.7 Å². The van der Waals surface area contributed by atoms with Gasteiger partial charge >= 0.3 is 0 Å². The Hall–Kier alpha value is -1.04. The second-order valence-electron chi connectivity index (χ2n) is 3.54. The van der Waals surface area contributed by atoms with Crippen LogP contribution in [-0.4, -0.2) is 34.0 Å². The average Bonchev–Trinajstić information content (AvgIpc) is 2.31. The maximum Gasteiger partial charge on any atom is 0.131 e. The van der Waals surface area contributed by atoms with Crippen LogP contribution in [0.2, 0.25) is 0 Å². The highest BCUT2D eigenvalue weighted by atomic mass is 19.1. The van der Waals surface area contributed by atoms with Gasteiger partial charge in [0.15, 0.2) is 0 Å². The van der Waals surface area contributed by atoms with Crippen molar-refractivity contribution in [2.75, 3.05) is 34.0 Å². The van der Waals surface area contributed by atoms with Crippen LogP contribution in [0, 0.1) is 11.6 Å². The fourth-order valence-electron chi connectivity index (χ4n) is 1.50. The Morgan fingerprint density at radius 1 is 1.24 bits per heavy atom. The van der Waals surface area contributed by atoms with Crippen molar-refractivity contribution in [3.8, 4) is 0 Å². The van der Waals surface area contributed by atoms with Crippen LogP contribution < -0.4 is 5.32 Å². The summed E-state index contributed by atoms with van der Waals surface area (Å²) in [5.41, 5.74) is 0.00687. The monoisotopic (exact) mass is 245 g/mol. The Balaban J connectivity index is 2.66. The van der Waals surface area contributed by atoms with E-state index in [4.69, 9.17) is 9.47 Å². The lowest BCUT2D eigenvalue weighted by molar-refractivity contribution is 0.0586. The summed E-state index contributed by atoms with van der Waals surface area (Å²) in [6.45, 7) is 1.04. The first kappa shape index (κ1) is 14.0. The van der Waals surface area contributed by atoms with Crippen LogP contribution in [0.15, 0.2) is 18.2 Å². The van der Waals surface area contributed by atoms with Crippen LogP contribution in [-0.2, 0) is 9.47 Å². The maximum absolute atomic E-state index is 13.5. The van der Waals surface area contributed by atoms with Crippen molar-refractivity contribution >= 4 is 0 Å². The molecule has 0 aliphatic heterocycles. The first-order chi connectivity index (χ1) is 8.20. The van der Waals surface area contributed by atoms with Crippen molar-refractivity contribution in [2.45, 2.75) is 6.04 Å². The lowest BCUT2D eigenvalue weighted by Gasteiger charge is -2.18. The van der Waals surface area contributed by atoms with E-state index in [-0.39, 0.29) is 12.2 Å². The maximum atomic E-state index is 13.5. The van der Waals surface area contributed by atoms with Crippen molar-refractivity contribution < 1.29 is 18.3 Å². The highest BCUT2D eigenvalue weighted by Gasteiger charge is 2.18. The van der Waals surface area contributed by atoms with E-state index in [1.165, 1.54) is 18.2 Å². The summed E-state index contributed by atoms with van der Waals surface area (Å²) in [6.07, 6.45) is 0. The molecule has 1 atom stereocenters. The molecule has 3 nitrogen and oxygen atoms in total. The summed E-state index contributed by atoms with van der Waals surface area (Å²) < 4.78 is 37.1. The van der Waals surface area contributed by atoms with Gasteiger partial charge in [-0.3, -0.25) is 0 Å². The molecular weight excluding hydrogens is 228 g/mol.